The summed E-state index contributed by atoms with van der Waals surface area (Å²) in [6.07, 6.45) is 8.71. The quantitative estimate of drug-likeness (QED) is 0.0905. The van der Waals surface area contributed by atoms with E-state index in [1.807, 2.05) is 0 Å². The second-order valence-corrected chi connectivity index (χ2v) is 27.6. The van der Waals surface area contributed by atoms with Crippen LogP contribution in [-0.2, 0) is 64.6 Å². The van der Waals surface area contributed by atoms with Gasteiger partial charge in [0.15, 0.2) is 0 Å². The molecule has 82 heavy (non-hydrogen) atoms. The van der Waals surface area contributed by atoms with Gasteiger partial charge >= 0.3 is 0 Å². The largest absolute Gasteiger partial charge is 0.0713 e. The van der Waals surface area contributed by atoms with E-state index in [9.17, 15) is 0 Å². The van der Waals surface area contributed by atoms with E-state index in [2.05, 4.69) is 279 Å². The van der Waals surface area contributed by atoms with Crippen LogP contribution in [-0.4, -0.2) is 0 Å². The second-order valence-electron chi connectivity index (χ2n) is 27.6. The molecule has 0 aliphatic heterocycles. The summed E-state index contributed by atoms with van der Waals surface area (Å²) in [5.74, 6) is 0. The third kappa shape index (κ3) is 8.74. The second kappa shape index (κ2) is 20.4. The molecular formula is C82H88. The Kier molecular flexibility index (Phi) is 13.8. The van der Waals surface area contributed by atoms with Crippen molar-refractivity contribution in [3.8, 4) is 33.4 Å². The van der Waals surface area contributed by atoms with E-state index in [0.29, 0.717) is 0 Å². The summed E-state index contributed by atoms with van der Waals surface area (Å²) in [7, 11) is 0. The maximum atomic E-state index is 2.67. The number of aryl methyl sites for hydroxylation is 7. The number of benzene rings is 9. The van der Waals surface area contributed by atoms with E-state index in [-0.39, 0.29) is 27.1 Å². The molecule has 416 valence electrons. The topological polar surface area (TPSA) is 0 Å². The van der Waals surface area contributed by atoms with Gasteiger partial charge in [0, 0.05) is 10.8 Å². The summed E-state index contributed by atoms with van der Waals surface area (Å²) in [5.41, 5.74) is 31.7. The third-order valence-corrected chi connectivity index (χ3v) is 22.6. The van der Waals surface area contributed by atoms with Crippen molar-refractivity contribution in [1.82, 2.24) is 0 Å². The molecule has 0 nitrogen and oxygen atoms in total. The van der Waals surface area contributed by atoms with Crippen molar-refractivity contribution < 1.29 is 0 Å². The summed E-state index contributed by atoms with van der Waals surface area (Å²) in [5, 5.41) is 0. The van der Waals surface area contributed by atoms with Crippen molar-refractivity contribution in [3.05, 3.63) is 282 Å². The molecule has 12 rings (SSSR count). The Hall–Kier alpha value is -7.02. The summed E-state index contributed by atoms with van der Waals surface area (Å²) in [6, 6.07) is 73.4. The molecule has 0 N–H and O–H groups in total. The van der Waals surface area contributed by atoms with Gasteiger partial charge in [0.05, 0.1) is 5.41 Å². The minimum Gasteiger partial charge on any atom is -0.0646 e. The molecule has 3 aliphatic rings. The van der Waals surface area contributed by atoms with E-state index in [1.165, 1.54) is 159 Å². The van der Waals surface area contributed by atoms with Gasteiger partial charge < -0.3 is 0 Å². The molecule has 3 aliphatic carbocycles. The zero-order valence-electron chi connectivity index (χ0n) is 52.0. The summed E-state index contributed by atoms with van der Waals surface area (Å²) >= 11 is 0. The number of fused-ring (bicyclic) bond motifs is 5. The molecule has 0 fully saturated rings. The number of rotatable bonds is 16. The van der Waals surface area contributed by atoms with Crippen molar-refractivity contribution in [2.75, 3.05) is 0 Å². The van der Waals surface area contributed by atoms with Crippen molar-refractivity contribution in [2.45, 2.75) is 181 Å². The zero-order valence-corrected chi connectivity index (χ0v) is 52.0. The van der Waals surface area contributed by atoms with Crippen LogP contribution in [0.5, 0.6) is 0 Å². The van der Waals surface area contributed by atoms with Gasteiger partial charge in [0.2, 0.25) is 0 Å². The number of hydrogen-bond donors (Lipinski definition) is 0. The lowest BCUT2D eigenvalue weighted by Crippen LogP contribution is -2.43. The fraction of sp³-hybridized carbons (Fsp3) is 0.341. The van der Waals surface area contributed by atoms with E-state index in [1.54, 1.807) is 0 Å². The van der Waals surface area contributed by atoms with Gasteiger partial charge in [-0.1, -0.05) is 269 Å². The number of hydrogen-bond acceptors (Lipinski definition) is 0. The molecule has 0 spiro atoms. The fourth-order valence-corrected chi connectivity index (χ4v) is 15.0. The molecule has 9 aromatic rings. The van der Waals surface area contributed by atoms with E-state index in [4.69, 9.17) is 0 Å². The van der Waals surface area contributed by atoms with Crippen LogP contribution in [0.1, 0.15) is 196 Å². The average Bonchev–Trinajstić information content (AvgIpc) is 2.09. The molecule has 0 saturated carbocycles. The Balaban J connectivity index is 1.03. The van der Waals surface area contributed by atoms with Crippen LogP contribution in [0.2, 0.25) is 0 Å². The Bertz CT molecular complexity index is 3860. The highest BCUT2D eigenvalue weighted by atomic mass is 14.5. The Morgan fingerprint density at radius 2 is 0.780 bits per heavy atom. The summed E-state index contributed by atoms with van der Waals surface area (Å²) in [4.78, 5) is 0. The molecule has 2 unspecified atom stereocenters. The molecule has 0 aromatic heterocycles. The highest BCUT2D eigenvalue weighted by Gasteiger charge is 2.50. The predicted molar refractivity (Wildman–Crippen MR) is 350 cm³/mol. The lowest BCUT2D eigenvalue weighted by molar-refractivity contribution is 0.266. The molecule has 0 heterocycles. The lowest BCUT2D eigenvalue weighted by Gasteiger charge is -2.46. The van der Waals surface area contributed by atoms with E-state index < -0.39 is 5.41 Å². The van der Waals surface area contributed by atoms with Crippen LogP contribution in [0.25, 0.3) is 33.4 Å². The monoisotopic (exact) mass is 1070 g/mol. The highest BCUT2D eigenvalue weighted by Crippen LogP contribution is 2.60. The van der Waals surface area contributed by atoms with Crippen molar-refractivity contribution in [1.29, 1.82) is 0 Å². The molecule has 0 bridgehead atoms. The molecule has 0 saturated heterocycles. The fourth-order valence-electron chi connectivity index (χ4n) is 15.0. The Labute approximate surface area is 493 Å². The minimum atomic E-state index is -0.565. The first kappa shape index (κ1) is 55.5. The Morgan fingerprint density at radius 1 is 0.341 bits per heavy atom. The minimum absolute atomic E-state index is 0.0686. The highest BCUT2D eigenvalue weighted by molar-refractivity contribution is 5.88. The molecule has 2 atom stereocenters. The van der Waals surface area contributed by atoms with Crippen LogP contribution >= 0.6 is 0 Å². The third-order valence-electron chi connectivity index (χ3n) is 22.6. The maximum Gasteiger partial charge on any atom is 0.0713 e. The average molecular weight is 1070 g/mol. The summed E-state index contributed by atoms with van der Waals surface area (Å²) in [6.45, 7) is 33.7. The van der Waals surface area contributed by atoms with Crippen molar-refractivity contribution in [2.24, 2.45) is 0 Å². The lowest BCUT2D eigenvalue weighted by atomic mass is 9.57. The van der Waals surface area contributed by atoms with Gasteiger partial charge in [-0.3, -0.25) is 0 Å². The predicted octanol–water partition coefficient (Wildman–Crippen LogP) is 21.1. The van der Waals surface area contributed by atoms with Crippen LogP contribution in [0.3, 0.4) is 0 Å². The smallest absolute Gasteiger partial charge is 0.0646 e. The van der Waals surface area contributed by atoms with E-state index in [0.717, 1.165) is 25.7 Å². The van der Waals surface area contributed by atoms with Crippen LogP contribution < -0.4 is 0 Å². The SMILES string of the molecule is CCC(C)(C)c1ccc(-c2ccc(C(C)(C)C(C)(CC)c3ccc4c(c3)C(c3ccc(C)cc3)(c3ccc(C)cc3)c3cc(C(C)(C)C(C)(CC)c5ccc(C)cc5)ccc3-4)cc2Cc2ccc3c(c2)CC3)c(-c2ccc3c(c2)CC3)c1. The van der Waals surface area contributed by atoms with Gasteiger partial charge in [-0.05, 0) is 211 Å². The van der Waals surface area contributed by atoms with Crippen LogP contribution in [0, 0.1) is 20.8 Å². The Morgan fingerprint density at radius 3 is 1.29 bits per heavy atom. The standard InChI is InChI=1S/C82H88/c1-15-77(7,8)66-38-43-71(74(50-66)61-31-28-58-27-30-60(58)48-61)70-42-39-67(49-62(70)47-56-24-25-57-26-29-59(57)46-56)78(9,10)81(14,17-3)69-41-45-73-72-44-40-68(79(11,12)80(13,16-2)63-32-18-53(4)19-33-63)51-75(72)82(76(73)52-69,64-34-20-54(5)21-35-64)65-36-22-55(6)23-37-65/h18-25,28,31-46,48-52H,15-17,26-27,29-30,47H2,1-14H3. The normalized spacial score (nSPS) is 15.7. The van der Waals surface area contributed by atoms with Gasteiger partial charge in [-0.25, -0.2) is 0 Å². The van der Waals surface area contributed by atoms with Crippen LogP contribution in [0.4, 0.5) is 0 Å². The molecule has 9 aromatic carbocycles. The van der Waals surface area contributed by atoms with Gasteiger partial charge in [-0.15, -0.1) is 0 Å². The molecular weight excluding hydrogens is 985 g/mol. The van der Waals surface area contributed by atoms with Crippen molar-refractivity contribution >= 4 is 0 Å². The van der Waals surface area contributed by atoms with Gasteiger partial charge in [0.25, 0.3) is 0 Å². The first-order chi connectivity index (χ1) is 39.2. The molecule has 0 radical (unpaired) electrons. The first-order valence-corrected chi connectivity index (χ1v) is 31.2. The first-order valence-electron chi connectivity index (χ1n) is 31.2. The van der Waals surface area contributed by atoms with E-state index >= 15 is 0 Å². The maximum absolute atomic E-state index is 2.67. The molecule has 0 amide bonds. The molecule has 0 heteroatoms. The summed E-state index contributed by atoms with van der Waals surface area (Å²) < 4.78 is 0. The van der Waals surface area contributed by atoms with Gasteiger partial charge in [-0.2, -0.15) is 0 Å². The van der Waals surface area contributed by atoms with Gasteiger partial charge in [0.1, 0.15) is 0 Å². The van der Waals surface area contributed by atoms with Crippen molar-refractivity contribution in [3.63, 3.8) is 0 Å². The van der Waals surface area contributed by atoms with Crippen LogP contribution in [0.15, 0.2) is 182 Å². The zero-order chi connectivity index (χ0) is 57.7.